The summed E-state index contributed by atoms with van der Waals surface area (Å²) < 4.78 is 58.7. The molecule has 2 fully saturated rings. The van der Waals surface area contributed by atoms with Crippen LogP contribution in [0.15, 0.2) is 48.0 Å². The van der Waals surface area contributed by atoms with Gasteiger partial charge in [-0.15, -0.1) is 0 Å². The topological polar surface area (TPSA) is 88.5 Å². The molecule has 0 saturated heterocycles. The van der Waals surface area contributed by atoms with Gasteiger partial charge in [-0.1, -0.05) is 49.6 Å². The maximum Gasteiger partial charge on any atom is 0.303 e. The molecule has 1 unspecified atom stereocenters. The van der Waals surface area contributed by atoms with E-state index in [1.165, 1.54) is 26.1 Å². The standard InChI is InChI=1S/C33H37F2N3O4S/c1-37(2)43(41,42)36-32(40)23-14-15-27-28(18-23)38-20-25(31(39)24-12-8-16-33(34,35)19-24)17-22-11-6-7-13-26(22)30(38)29(27)21-9-4-3-5-10-21/h6-7,11,13-15,17-18,21,24H,3-5,8-10,12,16,19-20H2,1-2H3,(H,36,40). The summed E-state index contributed by atoms with van der Waals surface area (Å²) in [6, 6.07) is 13.1. The molecule has 6 rings (SSSR count). The predicted octanol–water partition coefficient (Wildman–Crippen LogP) is 6.68. The van der Waals surface area contributed by atoms with Gasteiger partial charge in [0.1, 0.15) is 0 Å². The van der Waals surface area contributed by atoms with Crippen LogP contribution in [0.25, 0.3) is 28.2 Å². The Labute approximate surface area is 251 Å². The van der Waals surface area contributed by atoms with E-state index in [0.717, 1.165) is 57.7 Å². The number of nitrogens with one attached hydrogen (secondary N) is 1. The number of allylic oxidation sites excluding steroid dienone is 1. The van der Waals surface area contributed by atoms with Crippen LogP contribution < -0.4 is 4.72 Å². The lowest BCUT2D eigenvalue weighted by Crippen LogP contribution is -2.39. The Hall–Kier alpha value is -3.37. The number of rotatable bonds is 6. The Morgan fingerprint density at radius 2 is 1.74 bits per heavy atom. The van der Waals surface area contributed by atoms with Crippen molar-refractivity contribution in [1.29, 1.82) is 0 Å². The van der Waals surface area contributed by atoms with Crippen molar-refractivity contribution in [1.82, 2.24) is 13.6 Å². The molecule has 0 radical (unpaired) electrons. The number of fused-ring (bicyclic) bond motifs is 5. The van der Waals surface area contributed by atoms with Crippen LogP contribution >= 0.6 is 0 Å². The number of alkyl halides is 2. The summed E-state index contributed by atoms with van der Waals surface area (Å²) >= 11 is 0. The molecule has 2 aromatic carbocycles. The number of halogens is 2. The average molecular weight is 610 g/mol. The van der Waals surface area contributed by atoms with Gasteiger partial charge in [0.05, 0.1) is 12.2 Å². The Morgan fingerprint density at radius 3 is 2.47 bits per heavy atom. The molecule has 1 amide bonds. The molecule has 1 aromatic heterocycles. The van der Waals surface area contributed by atoms with Crippen molar-refractivity contribution >= 4 is 38.9 Å². The first-order valence-electron chi connectivity index (χ1n) is 15.1. The summed E-state index contributed by atoms with van der Waals surface area (Å²) in [6.45, 7) is 0.176. The fourth-order valence-corrected chi connectivity index (χ4v) is 7.63. The van der Waals surface area contributed by atoms with Gasteiger partial charge in [0.15, 0.2) is 5.78 Å². The van der Waals surface area contributed by atoms with Gasteiger partial charge in [0.2, 0.25) is 5.92 Å². The van der Waals surface area contributed by atoms with E-state index in [1.807, 2.05) is 41.0 Å². The Bertz CT molecular complexity index is 1740. The number of carbonyl (C=O) groups is 2. The van der Waals surface area contributed by atoms with Crippen molar-refractivity contribution < 1.29 is 26.8 Å². The molecule has 10 heteroatoms. The number of aromatic nitrogens is 1. The second-order valence-corrected chi connectivity index (χ2v) is 14.3. The molecule has 2 heterocycles. The Balaban J connectivity index is 1.52. The van der Waals surface area contributed by atoms with E-state index in [1.54, 1.807) is 12.1 Å². The minimum Gasteiger partial charge on any atom is -0.336 e. The summed E-state index contributed by atoms with van der Waals surface area (Å²) in [5.74, 6) is -4.33. The van der Waals surface area contributed by atoms with Crippen LogP contribution in [-0.2, 0) is 21.5 Å². The summed E-state index contributed by atoms with van der Waals surface area (Å²) in [5.41, 5.74) is 5.32. The summed E-state index contributed by atoms with van der Waals surface area (Å²) in [4.78, 5) is 27.0. The molecule has 228 valence electrons. The monoisotopic (exact) mass is 609 g/mol. The molecule has 0 spiro atoms. The first kappa shape index (κ1) is 29.7. The molecule has 3 aliphatic rings. The molecule has 1 N–H and O–H groups in total. The fourth-order valence-electron chi connectivity index (χ4n) is 7.09. The van der Waals surface area contributed by atoms with Gasteiger partial charge in [-0.25, -0.2) is 13.5 Å². The summed E-state index contributed by atoms with van der Waals surface area (Å²) in [5, 5.41) is 0.960. The highest BCUT2D eigenvalue weighted by molar-refractivity contribution is 7.87. The third kappa shape index (κ3) is 5.67. The Kier molecular flexibility index (Phi) is 7.79. The van der Waals surface area contributed by atoms with Gasteiger partial charge in [0.25, 0.3) is 5.91 Å². The van der Waals surface area contributed by atoms with Crippen LogP contribution in [0.4, 0.5) is 8.78 Å². The lowest BCUT2D eigenvalue weighted by atomic mass is 9.81. The van der Waals surface area contributed by atoms with E-state index in [2.05, 4.69) is 4.72 Å². The van der Waals surface area contributed by atoms with Gasteiger partial charge in [-0.2, -0.15) is 12.7 Å². The number of nitrogens with zero attached hydrogens (tertiary/aromatic N) is 2. The van der Waals surface area contributed by atoms with Crippen LogP contribution in [0.2, 0.25) is 0 Å². The second kappa shape index (κ2) is 11.3. The smallest absolute Gasteiger partial charge is 0.303 e. The second-order valence-electron chi connectivity index (χ2n) is 12.4. The number of hydrogen-bond acceptors (Lipinski definition) is 4. The van der Waals surface area contributed by atoms with Crippen LogP contribution in [0.3, 0.4) is 0 Å². The number of carbonyl (C=O) groups excluding carboxylic acids is 2. The van der Waals surface area contributed by atoms with Gasteiger partial charge in [0, 0.05) is 60.5 Å². The van der Waals surface area contributed by atoms with E-state index in [-0.39, 0.29) is 30.2 Å². The average Bonchev–Trinajstić information content (AvgIpc) is 3.18. The first-order chi connectivity index (χ1) is 20.4. The van der Waals surface area contributed by atoms with Crippen LogP contribution in [0.5, 0.6) is 0 Å². The molecular formula is C33H37F2N3O4S. The predicted molar refractivity (Wildman–Crippen MR) is 163 cm³/mol. The molecule has 7 nitrogen and oxygen atoms in total. The van der Waals surface area contributed by atoms with Crippen LogP contribution in [0, 0.1) is 5.92 Å². The highest BCUT2D eigenvalue weighted by atomic mass is 32.2. The third-order valence-electron chi connectivity index (χ3n) is 9.28. The lowest BCUT2D eigenvalue weighted by Gasteiger charge is -2.28. The van der Waals surface area contributed by atoms with Gasteiger partial charge in [-0.05, 0) is 60.9 Å². The number of amides is 1. The normalized spacial score (nSPS) is 20.7. The SMILES string of the molecule is CN(C)S(=O)(=O)NC(=O)c1ccc2c(C3CCCCC3)c3n(c2c1)CC(C(=O)C1CCCC(F)(F)C1)=Cc1ccccc1-3. The van der Waals surface area contributed by atoms with Gasteiger partial charge >= 0.3 is 10.2 Å². The van der Waals surface area contributed by atoms with Crippen molar-refractivity contribution in [2.75, 3.05) is 14.1 Å². The highest BCUT2D eigenvalue weighted by Gasteiger charge is 2.40. The quantitative estimate of drug-likeness (QED) is 0.338. The fraction of sp³-hybridized carbons (Fsp3) is 0.455. The molecule has 0 bridgehead atoms. The van der Waals surface area contributed by atoms with Crippen molar-refractivity contribution in [2.45, 2.75) is 76.2 Å². The molecule has 2 aliphatic carbocycles. The van der Waals surface area contributed by atoms with E-state index in [4.69, 9.17) is 0 Å². The number of hydrogen-bond donors (Lipinski definition) is 1. The highest BCUT2D eigenvalue weighted by Crippen LogP contribution is 2.47. The summed E-state index contributed by atoms with van der Waals surface area (Å²) in [7, 11) is -1.32. The third-order valence-corrected chi connectivity index (χ3v) is 10.7. The maximum atomic E-state index is 14.4. The molecule has 1 atom stereocenters. The van der Waals surface area contributed by atoms with Crippen molar-refractivity contribution in [3.8, 4) is 11.3 Å². The largest absolute Gasteiger partial charge is 0.336 e. The maximum absolute atomic E-state index is 14.4. The zero-order valence-electron chi connectivity index (χ0n) is 24.5. The molecule has 3 aromatic rings. The van der Waals surface area contributed by atoms with Crippen LogP contribution in [0.1, 0.15) is 85.2 Å². The molecule has 43 heavy (non-hydrogen) atoms. The van der Waals surface area contributed by atoms with E-state index >= 15 is 0 Å². The van der Waals surface area contributed by atoms with Crippen molar-refractivity contribution in [2.24, 2.45) is 5.92 Å². The molecule has 1 aliphatic heterocycles. The van der Waals surface area contributed by atoms with Gasteiger partial charge in [-0.3, -0.25) is 9.59 Å². The van der Waals surface area contributed by atoms with Crippen molar-refractivity contribution in [3.63, 3.8) is 0 Å². The number of ketones is 1. The molecule has 2 saturated carbocycles. The molecular weight excluding hydrogens is 572 g/mol. The van der Waals surface area contributed by atoms with E-state index in [0.29, 0.717) is 18.4 Å². The van der Waals surface area contributed by atoms with E-state index < -0.39 is 34.4 Å². The Morgan fingerprint density at radius 1 is 1.00 bits per heavy atom. The zero-order valence-corrected chi connectivity index (χ0v) is 25.4. The lowest BCUT2D eigenvalue weighted by molar-refractivity contribution is -0.126. The minimum atomic E-state index is -4.00. The zero-order chi connectivity index (χ0) is 30.5. The minimum absolute atomic E-state index is 0.176. The van der Waals surface area contributed by atoms with Gasteiger partial charge < -0.3 is 4.57 Å². The van der Waals surface area contributed by atoms with Crippen molar-refractivity contribution in [3.05, 3.63) is 64.7 Å². The number of Topliss-reactive ketones (excluding diaryl/α,β-unsaturated/α-hetero) is 1. The first-order valence-corrected chi connectivity index (χ1v) is 16.5. The summed E-state index contributed by atoms with van der Waals surface area (Å²) in [6.07, 6.45) is 7.41. The van der Waals surface area contributed by atoms with E-state index in [9.17, 15) is 26.8 Å². The van der Waals surface area contributed by atoms with Crippen LogP contribution in [-0.4, -0.2) is 49.0 Å². The number of benzene rings is 2.